The van der Waals surface area contributed by atoms with Crippen molar-refractivity contribution in [3.05, 3.63) is 45.7 Å². The van der Waals surface area contributed by atoms with Crippen molar-refractivity contribution in [3.63, 3.8) is 0 Å². The zero-order chi connectivity index (χ0) is 28.8. The number of alkyl halides is 4. The first-order valence-electron chi connectivity index (χ1n) is 10.5. The minimum atomic E-state index is -2.79. The topological polar surface area (TPSA) is 180 Å². The number of carbonyl (C=O) groups is 2. The average Bonchev–Trinajstić information content (AvgIpc) is 2.77. The first-order chi connectivity index (χ1) is 17.0. The van der Waals surface area contributed by atoms with E-state index in [2.05, 4.69) is 19.4 Å². The van der Waals surface area contributed by atoms with E-state index < -0.39 is 43.2 Å². The number of nitrogens with zero attached hydrogens (tertiary/aromatic N) is 1. The number of pyridine rings is 2. The number of nitrogen functional groups attached to an aromatic ring is 2. The Morgan fingerprint density at radius 2 is 1.46 bits per heavy atom. The zero-order valence-electron chi connectivity index (χ0n) is 20.6. The number of H-pyrrole nitrogens is 1. The number of anilines is 2. The molecule has 0 aliphatic rings. The highest BCUT2D eigenvalue weighted by molar-refractivity contribution is 5.94. The molecular weight excluding hydrogens is 508 g/mol. The fourth-order valence-electron chi connectivity index (χ4n) is 2.13. The van der Waals surface area contributed by atoms with Gasteiger partial charge in [-0.3, -0.25) is 4.79 Å². The number of carbonyl (C=O) groups excluding carboxylic acids is 2. The van der Waals surface area contributed by atoms with Crippen molar-refractivity contribution < 1.29 is 46.5 Å². The Hall–Kier alpha value is -3.88. The van der Waals surface area contributed by atoms with Gasteiger partial charge in [-0.1, -0.05) is 0 Å². The summed E-state index contributed by atoms with van der Waals surface area (Å²) < 4.78 is 62.1. The number of esters is 2. The Morgan fingerprint density at radius 1 is 0.946 bits per heavy atom. The standard InChI is InChI=1S/C11H14F2N2O3.C7H8N2O3.C4H8F2O/c1-11(12,13)5-6-18-8-4-3-7(9(14)15-8)10(16)17-2;1-12-7(11)4-2-3-5(10)9-6(4)8;1-4(5,6)2-3-7/h3-4H,5-6H2,1-2H3,(H2,14,15);2-3H,1H3,(H3,8,9,10);7H,2-3H2,1H3. The van der Waals surface area contributed by atoms with E-state index >= 15 is 0 Å². The predicted molar refractivity (Wildman–Crippen MR) is 126 cm³/mol. The number of nitrogens with two attached hydrogens (primary N) is 2. The molecule has 0 fully saturated rings. The maximum absolute atomic E-state index is 12.5. The molecule has 0 unspecified atom stereocenters. The summed E-state index contributed by atoms with van der Waals surface area (Å²) in [4.78, 5) is 38.8. The van der Waals surface area contributed by atoms with Crippen molar-refractivity contribution >= 4 is 23.6 Å². The molecule has 15 heteroatoms. The molecule has 2 aromatic heterocycles. The van der Waals surface area contributed by atoms with Crippen molar-refractivity contribution in [2.45, 2.75) is 38.5 Å². The van der Waals surface area contributed by atoms with Gasteiger partial charge in [-0.2, -0.15) is 4.98 Å². The second-order valence-corrected chi connectivity index (χ2v) is 7.43. The third-order valence-electron chi connectivity index (χ3n) is 4.00. The van der Waals surface area contributed by atoms with Gasteiger partial charge < -0.3 is 35.8 Å². The van der Waals surface area contributed by atoms with Crippen LogP contribution in [0.15, 0.2) is 29.1 Å². The van der Waals surface area contributed by atoms with Crippen LogP contribution in [0, 0.1) is 0 Å². The minimum absolute atomic E-state index is 0.0225. The summed E-state index contributed by atoms with van der Waals surface area (Å²) in [5.74, 6) is -6.64. The Morgan fingerprint density at radius 3 is 1.86 bits per heavy atom. The SMILES string of the molecule is CC(F)(F)CCO.COC(=O)c1ccc(=O)[nH]c1N.COC(=O)c1ccc(OCCC(C)(F)F)nc1N. The predicted octanol–water partition coefficient (Wildman–Crippen LogP) is 2.64. The lowest BCUT2D eigenvalue weighted by atomic mass is 10.2. The Kier molecular flexibility index (Phi) is 13.7. The summed E-state index contributed by atoms with van der Waals surface area (Å²) in [6.45, 7) is 0.957. The van der Waals surface area contributed by atoms with E-state index in [1.807, 2.05) is 0 Å². The molecule has 0 aliphatic carbocycles. The molecule has 208 valence electrons. The van der Waals surface area contributed by atoms with Crippen LogP contribution in [0.2, 0.25) is 0 Å². The van der Waals surface area contributed by atoms with Crippen molar-refractivity contribution in [3.8, 4) is 5.88 Å². The number of halogens is 4. The van der Waals surface area contributed by atoms with Crippen LogP contribution in [0.4, 0.5) is 29.2 Å². The summed E-state index contributed by atoms with van der Waals surface area (Å²) in [6, 6.07) is 5.27. The first-order valence-corrected chi connectivity index (χ1v) is 10.5. The van der Waals surface area contributed by atoms with Crippen LogP contribution in [-0.2, 0) is 9.47 Å². The molecular formula is C22H30F4N4O7. The molecule has 0 aliphatic heterocycles. The third kappa shape index (κ3) is 14.3. The number of aromatic nitrogens is 2. The molecule has 2 aromatic rings. The van der Waals surface area contributed by atoms with Gasteiger partial charge in [0.25, 0.3) is 0 Å². The fourth-order valence-corrected chi connectivity index (χ4v) is 2.13. The Bertz CT molecular complexity index is 1070. The first kappa shape index (κ1) is 33.1. The lowest BCUT2D eigenvalue weighted by Crippen LogP contribution is -2.15. The number of rotatable bonds is 8. The van der Waals surface area contributed by atoms with E-state index in [0.717, 1.165) is 13.8 Å². The quantitative estimate of drug-likeness (QED) is 0.288. The molecule has 0 amide bonds. The lowest BCUT2D eigenvalue weighted by Gasteiger charge is -2.11. The summed E-state index contributed by atoms with van der Waals surface area (Å²) in [5.41, 5.74) is 10.8. The van der Waals surface area contributed by atoms with Crippen LogP contribution in [0.3, 0.4) is 0 Å². The van der Waals surface area contributed by atoms with Gasteiger partial charge in [-0.15, -0.1) is 0 Å². The van der Waals surface area contributed by atoms with Crippen LogP contribution in [-0.4, -0.2) is 66.3 Å². The fraction of sp³-hybridized carbons (Fsp3) is 0.455. The highest BCUT2D eigenvalue weighted by Gasteiger charge is 2.21. The summed E-state index contributed by atoms with van der Waals surface area (Å²) in [7, 11) is 2.46. The van der Waals surface area contributed by atoms with Gasteiger partial charge in [-0.05, 0) is 26.0 Å². The van der Waals surface area contributed by atoms with Gasteiger partial charge >= 0.3 is 11.9 Å². The number of methoxy groups -OCH3 is 2. The van der Waals surface area contributed by atoms with Crippen LogP contribution in [0.1, 0.15) is 47.4 Å². The van der Waals surface area contributed by atoms with E-state index in [0.29, 0.717) is 0 Å². The normalized spacial score (nSPS) is 10.7. The number of aliphatic hydroxyl groups excluding tert-OH is 1. The molecule has 37 heavy (non-hydrogen) atoms. The van der Waals surface area contributed by atoms with E-state index in [1.54, 1.807) is 0 Å². The van der Waals surface area contributed by atoms with Gasteiger partial charge in [-0.25, -0.2) is 27.2 Å². The number of nitrogens with one attached hydrogen (secondary N) is 1. The molecule has 6 N–H and O–H groups in total. The lowest BCUT2D eigenvalue weighted by molar-refractivity contribution is -0.00243. The van der Waals surface area contributed by atoms with E-state index in [-0.39, 0.29) is 40.8 Å². The summed E-state index contributed by atoms with van der Waals surface area (Å²) >= 11 is 0. The molecule has 0 bridgehead atoms. The molecule has 0 aromatic carbocycles. The molecule has 11 nitrogen and oxygen atoms in total. The summed E-state index contributed by atoms with van der Waals surface area (Å²) in [5, 5.41) is 7.92. The maximum atomic E-state index is 12.5. The Balaban J connectivity index is 0.000000586. The number of aliphatic hydroxyl groups is 1. The van der Waals surface area contributed by atoms with Crippen LogP contribution in [0.25, 0.3) is 0 Å². The molecule has 0 spiro atoms. The van der Waals surface area contributed by atoms with Crippen molar-refractivity contribution in [2.75, 3.05) is 38.9 Å². The maximum Gasteiger partial charge on any atom is 0.341 e. The van der Waals surface area contributed by atoms with Crippen molar-refractivity contribution in [1.29, 1.82) is 0 Å². The van der Waals surface area contributed by atoms with E-state index in [1.165, 1.54) is 38.5 Å². The van der Waals surface area contributed by atoms with Crippen LogP contribution >= 0.6 is 0 Å². The van der Waals surface area contributed by atoms with Gasteiger partial charge in [0, 0.05) is 31.6 Å². The van der Waals surface area contributed by atoms with Gasteiger partial charge in [0.1, 0.15) is 17.2 Å². The molecule has 0 radical (unpaired) electrons. The molecule has 0 atom stereocenters. The highest BCUT2D eigenvalue weighted by Crippen LogP contribution is 2.19. The number of hydrogen-bond donors (Lipinski definition) is 4. The van der Waals surface area contributed by atoms with Crippen LogP contribution < -0.4 is 21.8 Å². The van der Waals surface area contributed by atoms with E-state index in [9.17, 15) is 31.9 Å². The molecule has 2 heterocycles. The Labute approximate surface area is 209 Å². The van der Waals surface area contributed by atoms with Gasteiger partial charge in [0.05, 0.1) is 26.4 Å². The van der Waals surface area contributed by atoms with Gasteiger partial charge in [0.15, 0.2) is 0 Å². The molecule has 2 rings (SSSR count). The van der Waals surface area contributed by atoms with E-state index in [4.69, 9.17) is 21.3 Å². The molecule has 0 saturated heterocycles. The third-order valence-corrected chi connectivity index (χ3v) is 4.00. The van der Waals surface area contributed by atoms with Gasteiger partial charge in [0.2, 0.25) is 23.3 Å². The second kappa shape index (κ2) is 15.3. The minimum Gasteiger partial charge on any atom is -0.477 e. The number of hydrogen-bond acceptors (Lipinski definition) is 10. The average molecular weight is 538 g/mol. The number of aromatic amines is 1. The summed E-state index contributed by atoms with van der Waals surface area (Å²) in [6.07, 6.45) is -0.861. The zero-order valence-corrected chi connectivity index (χ0v) is 20.6. The second-order valence-electron chi connectivity index (χ2n) is 7.43. The van der Waals surface area contributed by atoms with Crippen LogP contribution in [0.5, 0.6) is 5.88 Å². The van der Waals surface area contributed by atoms with Crippen molar-refractivity contribution in [1.82, 2.24) is 9.97 Å². The van der Waals surface area contributed by atoms with Crippen molar-refractivity contribution in [2.24, 2.45) is 0 Å². The highest BCUT2D eigenvalue weighted by atomic mass is 19.3. The largest absolute Gasteiger partial charge is 0.477 e. The number of ether oxygens (including phenoxy) is 3. The monoisotopic (exact) mass is 538 g/mol. The smallest absolute Gasteiger partial charge is 0.341 e. The molecule has 0 saturated carbocycles.